The van der Waals surface area contributed by atoms with Crippen LogP contribution in [0.2, 0.25) is 0 Å². The zero-order valence-corrected chi connectivity index (χ0v) is 10.1. The third-order valence-electron chi connectivity index (χ3n) is 3.21. The summed E-state index contributed by atoms with van der Waals surface area (Å²) in [5.41, 5.74) is 1.86. The van der Waals surface area contributed by atoms with Crippen molar-refractivity contribution in [1.82, 2.24) is 5.32 Å². The van der Waals surface area contributed by atoms with Crippen molar-refractivity contribution in [3.63, 3.8) is 0 Å². The minimum Gasteiger partial charge on any atom is -0.377 e. The maximum Gasteiger partial charge on any atom is 0.0991 e. The Balaban J connectivity index is 1.86. The van der Waals surface area contributed by atoms with E-state index in [1.54, 1.807) is 0 Å². The van der Waals surface area contributed by atoms with Gasteiger partial charge in [0.05, 0.1) is 17.7 Å². The van der Waals surface area contributed by atoms with Gasteiger partial charge in [-0.1, -0.05) is 12.1 Å². The molecular weight excluding hydrogens is 212 g/mol. The average molecular weight is 230 g/mol. The summed E-state index contributed by atoms with van der Waals surface area (Å²) in [6, 6.07) is 10.2. The molecule has 2 atom stereocenters. The summed E-state index contributed by atoms with van der Waals surface area (Å²) in [7, 11) is 0. The van der Waals surface area contributed by atoms with E-state index in [-0.39, 0.29) is 0 Å². The second-order valence-corrected chi connectivity index (χ2v) is 4.53. The number of nitriles is 1. The van der Waals surface area contributed by atoms with E-state index in [9.17, 15) is 0 Å². The molecule has 1 aliphatic heterocycles. The highest BCUT2D eigenvalue weighted by molar-refractivity contribution is 5.32. The van der Waals surface area contributed by atoms with Crippen LogP contribution < -0.4 is 5.32 Å². The Morgan fingerprint density at radius 3 is 3.18 bits per heavy atom. The maximum atomic E-state index is 8.82. The van der Waals surface area contributed by atoms with Crippen LogP contribution in [0.15, 0.2) is 24.3 Å². The molecule has 0 bridgehead atoms. The molecule has 1 aromatic rings. The molecule has 0 spiro atoms. The average Bonchev–Trinajstić information content (AvgIpc) is 2.90. The molecule has 3 heteroatoms. The molecule has 1 aliphatic rings. The van der Waals surface area contributed by atoms with Crippen molar-refractivity contribution in [2.45, 2.75) is 38.5 Å². The minimum atomic E-state index is 0.342. The highest BCUT2D eigenvalue weighted by Crippen LogP contribution is 2.15. The van der Waals surface area contributed by atoms with Crippen LogP contribution in [0.25, 0.3) is 0 Å². The van der Waals surface area contributed by atoms with Crippen molar-refractivity contribution in [1.29, 1.82) is 5.26 Å². The quantitative estimate of drug-likeness (QED) is 0.862. The zero-order valence-electron chi connectivity index (χ0n) is 10.1. The van der Waals surface area contributed by atoms with Crippen LogP contribution in [-0.2, 0) is 11.3 Å². The molecule has 2 unspecified atom stereocenters. The van der Waals surface area contributed by atoms with E-state index in [4.69, 9.17) is 10.00 Å². The lowest BCUT2D eigenvalue weighted by atomic mass is 10.1. The van der Waals surface area contributed by atoms with Gasteiger partial charge in [-0.25, -0.2) is 0 Å². The Labute approximate surface area is 102 Å². The van der Waals surface area contributed by atoms with Gasteiger partial charge in [0.25, 0.3) is 0 Å². The van der Waals surface area contributed by atoms with Crippen LogP contribution in [0, 0.1) is 11.3 Å². The summed E-state index contributed by atoms with van der Waals surface area (Å²) in [5, 5.41) is 12.3. The molecule has 17 heavy (non-hydrogen) atoms. The Morgan fingerprint density at radius 2 is 2.47 bits per heavy atom. The molecule has 0 amide bonds. The predicted octanol–water partition coefficient (Wildman–Crippen LogP) is 2.22. The molecule has 0 saturated carbocycles. The maximum absolute atomic E-state index is 8.82. The molecule has 1 saturated heterocycles. The number of rotatable bonds is 4. The summed E-state index contributed by atoms with van der Waals surface area (Å²) in [4.78, 5) is 0. The van der Waals surface area contributed by atoms with Crippen LogP contribution in [0.1, 0.15) is 30.9 Å². The second kappa shape index (κ2) is 5.81. The number of benzene rings is 1. The van der Waals surface area contributed by atoms with Gasteiger partial charge < -0.3 is 10.1 Å². The molecule has 0 aromatic heterocycles. The van der Waals surface area contributed by atoms with E-state index < -0.39 is 0 Å². The Kier molecular flexibility index (Phi) is 4.13. The first-order valence-corrected chi connectivity index (χ1v) is 6.13. The second-order valence-electron chi connectivity index (χ2n) is 4.53. The molecule has 1 fully saturated rings. The smallest absolute Gasteiger partial charge is 0.0991 e. The third kappa shape index (κ3) is 3.29. The van der Waals surface area contributed by atoms with Crippen LogP contribution in [0.5, 0.6) is 0 Å². The molecule has 1 heterocycles. The highest BCUT2D eigenvalue weighted by Gasteiger charge is 2.21. The van der Waals surface area contributed by atoms with Crippen LogP contribution in [-0.4, -0.2) is 18.8 Å². The summed E-state index contributed by atoms with van der Waals surface area (Å²) in [6.45, 7) is 3.83. The SMILES string of the molecule is CC(NCc1cccc(C#N)c1)C1CCCO1. The lowest BCUT2D eigenvalue weighted by Gasteiger charge is -2.20. The summed E-state index contributed by atoms with van der Waals surface area (Å²) in [6.07, 6.45) is 2.65. The highest BCUT2D eigenvalue weighted by atomic mass is 16.5. The number of ether oxygens (including phenoxy) is 1. The van der Waals surface area contributed by atoms with Crippen molar-refractivity contribution in [3.8, 4) is 6.07 Å². The first kappa shape index (κ1) is 12.1. The Morgan fingerprint density at radius 1 is 1.59 bits per heavy atom. The fraction of sp³-hybridized carbons (Fsp3) is 0.500. The van der Waals surface area contributed by atoms with E-state index in [1.807, 2.05) is 24.3 Å². The number of hydrogen-bond donors (Lipinski definition) is 1. The van der Waals surface area contributed by atoms with Gasteiger partial charge in [0.2, 0.25) is 0 Å². The molecule has 2 rings (SSSR count). The lowest BCUT2D eigenvalue weighted by Crippen LogP contribution is -2.36. The van der Waals surface area contributed by atoms with Gasteiger partial charge >= 0.3 is 0 Å². The monoisotopic (exact) mass is 230 g/mol. The summed E-state index contributed by atoms with van der Waals surface area (Å²) >= 11 is 0. The predicted molar refractivity (Wildman–Crippen MR) is 66.4 cm³/mol. The standard InChI is InChI=1S/C14H18N2O/c1-11(14-6-3-7-17-14)16-10-13-5-2-4-12(8-13)9-15/h2,4-5,8,11,14,16H,3,6-7,10H2,1H3. The fourth-order valence-electron chi connectivity index (χ4n) is 2.16. The summed E-state index contributed by atoms with van der Waals surface area (Å²) in [5.74, 6) is 0. The van der Waals surface area contributed by atoms with Crippen LogP contribution in [0.4, 0.5) is 0 Å². The van der Waals surface area contributed by atoms with E-state index in [2.05, 4.69) is 18.3 Å². The molecule has 90 valence electrons. The zero-order chi connectivity index (χ0) is 12.1. The molecule has 3 nitrogen and oxygen atoms in total. The minimum absolute atomic E-state index is 0.342. The normalized spacial score (nSPS) is 21.1. The van der Waals surface area contributed by atoms with Gasteiger partial charge in [0, 0.05) is 19.2 Å². The Hall–Kier alpha value is -1.37. The summed E-state index contributed by atoms with van der Waals surface area (Å²) < 4.78 is 5.63. The first-order valence-electron chi connectivity index (χ1n) is 6.13. The number of hydrogen-bond acceptors (Lipinski definition) is 3. The third-order valence-corrected chi connectivity index (χ3v) is 3.21. The van der Waals surface area contributed by atoms with Crippen molar-refractivity contribution in [2.75, 3.05) is 6.61 Å². The molecule has 1 N–H and O–H groups in total. The van der Waals surface area contributed by atoms with Crippen LogP contribution >= 0.6 is 0 Å². The van der Waals surface area contributed by atoms with Crippen molar-refractivity contribution < 1.29 is 4.74 Å². The Bertz CT molecular complexity index is 405. The molecule has 0 radical (unpaired) electrons. The topological polar surface area (TPSA) is 45.0 Å². The van der Waals surface area contributed by atoms with Crippen molar-refractivity contribution in [2.24, 2.45) is 0 Å². The first-order chi connectivity index (χ1) is 8.29. The number of nitrogens with zero attached hydrogens (tertiary/aromatic N) is 1. The van der Waals surface area contributed by atoms with Gasteiger partial charge in [0.15, 0.2) is 0 Å². The van der Waals surface area contributed by atoms with Crippen molar-refractivity contribution in [3.05, 3.63) is 35.4 Å². The van der Waals surface area contributed by atoms with Gasteiger partial charge in [0.1, 0.15) is 0 Å². The van der Waals surface area contributed by atoms with E-state index >= 15 is 0 Å². The molecular formula is C14H18N2O. The van der Waals surface area contributed by atoms with Gasteiger partial charge in [-0.3, -0.25) is 0 Å². The van der Waals surface area contributed by atoms with Gasteiger partial charge in [-0.05, 0) is 37.5 Å². The lowest BCUT2D eigenvalue weighted by molar-refractivity contribution is 0.0832. The fourth-order valence-corrected chi connectivity index (χ4v) is 2.16. The molecule has 1 aromatic carbocycles. The van der Waals surface area contributed by atoms with E-state index in [0.29, 0.717) is 17.7 Å². The van der Waals surface area contributed by atoms with Gasteiger partial charge in [-0.15, -0.1) is 0 Å². The van der Waals surface area contributed by atoms with Crippen LogP contribution in [0.3, 0.4) is 0 Å². The molecule has 0 aliphatic carbocycles. The van der Waals surface area contributed by atoms with E-state index in [0.717, 1.165) is 25.1 Å². The van der Waals surface area contributed by atoms with Gasteiger partial charge in [-0.2, -0.15) is 5.26 Å². The largest absolute Gasteiger partial charge is 0.377 e. The van der Waals surface area contributed by atoms with E-state index in [1.165, 1.54) is 6.42 Å². The number of nitrogens with one attached hydrogen (secondary N) is 1. The van der Waals surface area contributed by atoms with Crippen molar-refractivity contribution >= 4 is 0 Å².